The van der Waals surface area contributed by atoms with Crippen molar-refractivity contribution in [3.63, 3.8) is 0 Å². The quantitative estimate of drug-likeness (QED) is 0.580. The summed E-state index contributed by atoms with van der Waals surface area (Å²) in [6, 6.07) is 1.31. The molecule has 0 saturated carbocycles. The van der Waals surface area contributed by atoms with Crippen molar-refractivity contribution in [2.24, 2.45) is 0 Å². The maximum Gasteiger partial charge on any atom is 0.0382 e. The molecule has 0 spiro atoms. The topological polar surface area (TPSA) is 18.5 Å². The average Bonchev–Trinajstić information content (AvgIpc) is 2.30. The van der Waals surface area contributed by atoms with E-state index in [1.807, 2.05) is 7.05 Å². The summed E-state index contributed by atoms with van der Waals surface area (Å²) in [6.07, 6.45) is 0. The van der Waals surface area contributed by atoms with Gasteiger partial charge in [0.2, 0.25) is 0 Å². The number of nitrogens with zero attached hydrogens (tertiary/aromatic N) is 2. The van der Waals surface area contributed by atoms with Crippen LogP contribution in [0.5, 0.6) is 0 Å². The lowest BCUT2D eigenvalue weighted by Crippen LogP contribution is -2.44. The molecule has 0 bridgehead atoms. The lowest BCUT2D eigenvalue weighted by molar-refractivity contribution is 0.266. The van der Waals surface area contributed by atoms with Crippen molar-refractivity contribution in [2.45, 2.75) is 12.1 Å². The number of hydrogen-bond donors (Lipinski definition) is 1. The third-order valence-corrected chi connectivity index (χ3v) is 2.51. The third-order valence-electron chi connectivity index (χ3n) is 2.51. The molecule has 1 N–H and O–H groups in total. The molecular formula is C8H19N3. The van der Waals surface area contributed by atoms with Crippen LogP contribution in [0.4, 0.5) is 0 Å². The lowest BCUT2D eigenvalue weighted by atomic mass is 10.1. The monoisotopic (exact) mass is 157 g/mol. The number of likely N-dealkylation sites (tertiary alicyclic amines) is 1. The van der Waals surface area contributed by atoms with Crippen LogP contribution in [0, 0.1) is 0 Å². The van der Waals surface area contributed by atoms with Crippen LogP contribution in [0.3, 0.4) is 0 Å². The molecule has 3 heteroatoms. The van der Waals surface area contributed by atoms with E-state index in [4.69, 9.17) is 0 Å². The highest BCUT2D eigenvalue weighted by Gasteiger charge is 2.30. The second-order valence-corrected chi connectivity index (χ2v) is 3.65. The maximum absolute atomic E-state index is 3.34. The Hall–Kier alpha value is -0.120. The Morgan fingerprint density at radius 2 is 2.00 bits per heavy atom. The smallest absolute Gasteiger partial charge is 0.0382 e. The molecule has 1 aliphatic heterocycles. The van der Waals surface area contributed by atoms with Crippen LogP contribution in [0.1, 0.15) is 0 Å². The minimum atomic E-state index is 0.634. The first kappa shape index (κ1) is 8.97. The zero-order valence-corrected chi connectivity index (χ0v) is 7.96. The molecule has 0 amide bonds. The van der Waals surface area contributed by atoms with Crippen molar-refractivity contribution in [1.82, 2.24) is 15.1 Å². The molecule has 2 atom stereocenters. The number of nitrogens with one attached hydrogen (secondary N) is 1. The first-order chi connectivity index (χ1) is 5.15. The highest BCUT2D eigenvalue weighted by Crippen LogP contribution is 2.11. The molecule has 0 radical (unpaired) electrons. The standard InChI is InChI=1S/C8H19N3/c1-9-7-5-11(4)6-8(7)10(2)3/h7-9H,5-6H2,1-4H3. The van der Waals surface area contributed by atoms with E-state index in [-0.39, 0.29) is 0 Å². The van der Waals surface area contributed by atoms with Crippen LogP contribution < -0.4 is 5.32 Å². The van der Waals surface area contributed by atoms with Crippen LogP contribution in [-0.2, 0) is 0 Å². The first-order valence-corrected chi connectivity index (χ1v) is 4.17. The van der Waals surface area contributed by atoms with Crippen molar-refractivity contribution >= 4 is 0 Å². The molecule has 11 heavy (non-hydrogen) atoms. The molecule has 0 aliphatic carbocycles. The maximum atomic E-state index is 3.34. The number of likely N-dealkylation sites (N-methyl/N-ethyl adjacent to an activating group) is 3. The third kappa shape index (κ3) is 1.92. The molecular weight excluding hydrogens is 138 g/mol. The molecule has 0 aromatic carbocycles. The van der Waals surface area contributed by atoms with Gasteiger partial charge >= 0.3 is 0 Å². The van der Waals surface area contributed by atoms with Gasteiger partial charge in [-0.05, 0) is 28.2 Å². The zero-order valence-electron chi connectivity index (χ0n) is 7.96. The highest BCUT2D eigenvalue weighted by molar-refractivity contribution is 4.91. The van der Waals surface area contributed by atoms with Crippen LogP contribution in [0.25, 0.3) is 0 Å². The summed E-state index contributed by atoms with van der Waals surface area (Å²) in [5.41, 5.74) is 0. The van der Waals surface area contributed by atoms with Crippen molar-refractivity contribution in [2.75, 3.05) is 41.3 Å². The Morgan fingerprint density at radius 1 is 1.36 bits per heavy atom. The van der Waals surface area contributed by atoms with Crippen molar-refractivity contribution in [3.8, 4) is 0 Å². The molecule has 66 valence electrons. The first-order valence-electron chi connectivity index (χ1n) is 4.17. The van der Waals surface area contributed by atoms with E-state index >= 15 is 0 Å². The van der Waals surface area contributed by atoms with Crippen LogP contribution >= 0.6 is 0 Å². The summed E-state index contributed by atoms with van der Waals surface area (Å²) in [5, 5.41) is 3.34. The largest absolute Gasteiger partial charge is 0.314 e. The summed E-state index contributed by atoms with van der Waals surface area (Å²) in [4.78, 5) is 4.66. The minimum absolute atomic E-state index is 0.634. The van der Waals surface area contributed by atoms with Gasteiger partial charge in [-0.25, -0.2) is 0 Å². The van der Waals surface area contributed by atoms with Gasteiger partial charge < -0.3 is 15.1 Å². The second-order valence-electron chi connectivity index (χ2n) is 3.65. The van der Waals surface area contributed by atoms with Crippen molar-refractivity contribution in [1.29, 1.82) is 0 Å². The van der Waals surface area contributed by atoms with Gasteiger partial charge in [0.15, 0.2) is 0 Å². The number of hydrogen-bond acceptors (Lipinski definition) is 3. The fourth-order valence-corrected chi connectivity index (χ4v) is 1.79. The average molecular weight is 157 g/mol. The Labute approximate surface area is 69.4 Å². The van der Waals surface area contributed by atoms with Crippen LogP contribution in [0.2, 0.25) is 0 Å². The van der Waals surface area contributed by atoms with E-state index < -0.39 is 0 Å². The molecule has 0 aromatic rings. The van der Waals surface area contributed by atoms with E-state index in [9.17, 15) is 0 Å². The fraction of sp³-hybridized carbons (Fsp3) is 1.00. The van der Waals surface area contributed by atoms with Gasteiger partial charge in [-0.3, -0.25) is 0 Å². The molecule has 0 aromatic heterocycles. The summed E-state index contributed by atoms with van der Waals surface area (Å²) in [7, 11) is 8.51. The summed E-state index contributed by atoms with van der Waals surface area (Å²) >= 11 is 0. The Balaban J connectivity index is 2.50. The molecule has 3 nitrogen and oxygen atoms in total. The Bertz CT molecular complexity index is 125. The van der Waals surface area contributed by atoms with Crippen LogP contribution in [-0.4, -0.2) is 63.2 Å². The normalized spacial score (nSPS) is 33.5. The van der Waals surface area contributed by atoms with Gasteiger partial charge in [-0.15, -0.1) is 0 Å². The van der Waals surface area contributed by atoms with Gasteiger partial charge in [-0.2, -0.15) is 0 Å². The highest BCUT2D eigenvalue weighted by atomic mass is 15.3. The van der Waals surface area contributed by atoms with E-state index in [2.05, 4.69) is 36.3 Å². The molecule has 1 aliphatic rings. The van der Waals surface area contributed by atoms with E-state index in [0.717, 1.165) is 0 Å². The zero-order chi connectivity index (χ0) is 8.43. The van der Waals surface area contributed by atoms with Gasteiger partial charge in [-0.1, -0.05) is 0 Å². The van der Waals surface area contributed by atoms with E-state index in [1.165, 1.54) is 13.1 Å². The summed E-state index contributed by atoms with van der Waals surface area (Å²) in [5.74, 6) is 0. The minimum Gasteiger partial charge on any atom is -0.314 e. The van der Waals surface area contributed by atoms with E-state index in [1.54, 1.807) is 0 Å². The Kier molecular flexibility index (Phi) is 2.87. The van der Waals surface area contributed by atoms with Gasteiger partial charge in [0.1, 0.15) is 0 Å². The van der Waals surface area contributed by atoms with Gasteiger partial charge in [0.25, 0.3) is 0 Å². The molecule has 1 rings (SSSR count). The molecule has 1 fully saturated rings. The predicted octanol–water partition coefficient (Wildman–Crippen LogP) is -0.550. The van der Waals surface area contributed by atoms with Crippen LogP contribution in [0.15, 0.2) is 0 Å². The van der Waals surface area contributed by atoms with Crippen molar-refractivity contribution < 1.29 is 0 Å². The lowest BCUT2D eigenvalue weighted by Gasteiger charge is -2.24. The van der Waals surface area contributed by atoms with E-state index in [0.29, 0.717) is 12.1 Å². The molecule has 2 unspecified atom stereocenters. The van der Waals surface area contributed by atoms with Gasteiger partial charge in [0.05, 0.1) is 0 Å². The van der Waals surface area contributed by atoms with Crippen molar-refractivity contribution in [3.05, 3.63) is 0 Å². The molecule has 1 heterocycles. The fourth-order valence-electron chi connectivity index (χ4n) is 1.79. The molecule has 1 saturated heterocycles. The summed E-state index contributed by atoms with van der Waals surface area (Å²) < 4.78 is 0. The van der Waals surface area contributed by atoms with Gasteiger partial charge in [0, 0.05) is 25.2 Å². The Morgan fingerprint density at radius 3 is 2.36 bits per heavy atom. The second kappa shape index (κ2) is 3.52. The predicted molar refractivity (Wildman–Crippen MR) is 47.8 cm³/mol. The number of rotatable bonds is 2. The SMILES string of the molecule is CNC1CN(C)CC1N(C)C. The summed E-state index contributed by atoms with van der Waals surface area (Å²) in [6.45, 7) is 2.35.